The van der Waals surface area contributed by atoms with E-state index in [-0.39, 0.29) is 5.91 Å². The highest BCUT2D eigenvalue weighted by Gasteiger charge is 2.12. The summed E-state index contributed by atoms with van der Waals surface area (Å²) >= 11 is 1.56. The number of imidazole rings is 1. The van der Waals surface area contributed by atoms with E-state index in [1.807, 2.05) is 22.2 Å². The van der Waals surface area contributed by atoms with E-state index in [1.165, 1.54) is 0 Å². The summed E-state index contributed by atoms with van der Waals surface area (Å²) in [7, 11) is 1.57. The Morgan fingerprint density at radius 2 is 2.24 bits per heavy atom. The average Bonchev–Trinajstić information content (AvgIpc) is 3.21. The molecule has 2 heterocycles. The number of methoxy groups -OCH3 is 1. The van der Waals surface area contributed by atoms with Gasteiger partial charge in [0.1, 0.15) is 0 Å². The number of nitrogens with one attached hydrogen (secondary N) is 1. The smallest absolute Gasteiger partial charge is 0.251 e. The lowest BCUT2D eigenvalue weighted by atomic mass is 10.2. The van der Waals surface area contributed by atoms with Crippen molar-refractivity contribution in [3.63, 3.8) is 0 Å². The molecule has 0 fully saturated rings. The molecule has 0 radical (unpaired) electrons. The van der Waals surface area contributed by atoms with Crippen molar-refractivity contribution in [1.29, 1.82) is 0 Å². The Balaban J connectivity index is 1.63. The highest BCUT2D eigenvalue weighted by atomic mass is 32.1. The summed E-state index contributed by atoms with van der Waals surface area (Å²) in [5, 5.41) is 4.86. The third-order valence-corrected chi connectivity index (χ3v) is 4.53. The molecule has 1 aromatic carbocycles. The number of ether oxygens (including phenoxy) is 2. The molecule has 0 saturated carbocycles. The predicted octanol–water partition coefficient (Wildman–Crippen LogP) is 3.51. The van der Waals surface area contributed by atoms with Crippen molar-refractivity contribution in [2.45, 2.75) is 26.3 Å². The molecule has 7 heteroatoms. The fourth-order valence-electron chi connectivity index (χ4n) is 2.39. The van der Waals surface area contributed by atoms with Crippen LogP contribution in [0, 0.1) is 0 Å². The maximum atomic E-state index is 12.4. The van der Waals surface area contributed by atoms with E-state index in [4.69, 9.17) is 9.47 Å². The van der Waals surface area contributed by atoms with Gasteiger partial charge in [0.15, 0.2) is 16.5 Å². The molecule has 0 bridgehead atoms. The highest BCUT2D eigenvalue weighted by molar-refractivity contribution is 7.15. The van der Waals surface area contributed by atoms with Crippen LogP contribution in [0.5, 0.6) is 11.5 Å². The number of thiazole rings is 1. The Hall–Kier alpha value is -2.54. The molecule has 0 aliphatic carbocycles. The molecule has 1 N–H and O–H groups in total. The highest BCUT2D eigenvalue weighted by Crippen LogP contribution is 2.28. The molecule has 0 spiro atoms. The van der Waals surface area contributed by atoms with Crippen LogP contribution in [0.1, 0.15) is 35.8 Å². The number of nitrogens with zero attached hydrogens (tertiary/aromatic N) is 2. The molecule has 0 saturated heterocycles. The molecule has 2 aromatic heterocycles. The van der Waals surface area contributed by atoms with Crippen LogP contribution in [0.15, 0.2) is 36.0 Å². The third-order valence-electron chi connectivity index (χ3n) is 3.75. The van der Waals surface area contributed by atoms with Gasteiger partial charge in [-0.1, -0.05) is 13.3 Å². The van der Waals surface area contributed by atoms with Crippen molar-refractivity contribution in [2.24, 2.45) is 0 Å². The number of carbonyl (C=O) groups is 1. The molecule has 25 heavy (non-hydrogen) atoms. The van der Waals surface area contributed by atoms with Gasteiger partial charge < -0.3 is 14.8 Å². The first-order valence-corrected chi connectivity index (χ1v) is 9.09. The molecule has 0 atom stereocenters. The van der Waals surface area contributed by atoms with Crippen LogP contribution < -0.4 is 14.8 Å². The van der Waals surface area contributed by atoms with E-state index in [0.29, 0.717) is 30.2 Å². The minimum absolute atomic E-state index is 0.172. The number of benzene rings is 1. The number of hydrogen-bond donors (Lipinski definition) is 1. The van der Waals surface area contributed by atoms with Crippen molar-refractivity contribution < 1.29 is 14.3 Å². The maximum absolute atomic E-state index is 12.4. The number of hydrogen-bond acceptors (Lipinski definition) is 5. The molecule has 3 rings (SSSR count). The summed E-state index contributed by atoms with van der Waals surface area (Å²) in [4.78, 5) is 17.7. The first-order chi connectivity index (χ1) is 12.2. The van der Waals surface area contributed by atoms with Gasteiger partial charge in [0.2, 0.25) is 0 Å². The minimum Gasteiger partial charge on any atom is -0.493 e. The second kappa shape index (κ2) is 8.02. The summed E-state index contributed by atoms with van der Waals surface area (Å²) in [6, 6.07) is 5.21. The minimum atomic E-state index is -0.172. The van der Waals surface area contributed by atoms with E-state index in [1.54, 1.807) is 36.6 Å². The second-order valence-electron chi connectivity index (χ2n) is 5.58. The largest absolute Gasteiger partial charge is 0.493 e. The molecule has 0 aliphatic rings. The number of carbonyl (C=O) groups excluding carboxylic acids is 1. The first-order valence-electron chi connectivity index (χ1n) is 8.21. The Bertz CT molecular complexity index is 828. The Kier molecular flexibility index (Phi) is 5.55. The third kappa shape index (κ3) is 4.11. The van der Waals surface area contributed by atoms with Gasteiger partial charge in [-0.15, -0.1) is 11.3 Å². The molecule has 0 unspecified atom stereocenters. The normalized spacial score (nSPS) is 10.8. The molecular formula is C18H21N3O3S. The van der Waals surface area contributed by atoms with Crippen LogP contribution in [-0.4, -0.2) is 29.0 Å². The second-order valence-corrected chi connectivity index (χ2v) is 6.45. The van der Waals surface area contributed by atoms with Crippen molar-refractivity contribution in [3.05, 3.63) is 47.2 Å². The maximum Gasteiger partial charge on any atom is 0.251 e. The van der Waals surface area contributed by atoms with Crippen molar-refractivity contribution in [2.75, 3.05) is 13.7 Å². The van der Waals surface area contributed by atoms with Crippen LogP contribution in [0.2, 0.25) is 0 Å². The Morgan fingerprint density at radius 1 is 1.36 bits per heavy atom. The standard InChI is InChI=1S/C18H21N3O3S/c1-3-4-8-24-15-6-5-13(10-16(15)23-2)17(22)19-11-14-12-21-7-9-25-18(21)20-14/h5-7,9-10,12H,3-4,8,11H2,1-2H3,(H,19,22). The SMILES string of the molecule is CCCCOc1ccc(C(=O)NCc2cn3ccsc3n2)cc1OC. The lowest BCUT2D eigenvalue weighted by Gasteiger charge is -2.12. The molecule has 3 aromatic rings. The summed E-state index contributed by atoms with van der Waals surface area (Å²) in [6.45, 7) is 3.12. The first kappa shape index (κ1) is 17.3. The van der Waals surface area contributed by atoms with Gasteiger partial charge >= 0.3 is 0 Å². The van der Waals surface area contributed by atoms with Crippen LogP contribution >= 0.6 is 11.3 Å². The van der Waals surface area contributed by atoms with Gasteiger partial charge in [-0.25, -0.2) is 4.98 Å². The van der Waals surface area contributed by atoms with E-state index < -0.39 is 0 Å². The van der Waals surface area contributed by atoms with E-state index >= 15 is 0 Å². The molecular weight excluding hydrogens is 338 g/mol. The van der Waals surface area contributed by atoms with Crippen LogP contribution in [0.4, 0.5) is 0 Å². The fourth-order valence-corrected chi connectivity index (χ4v) is 3.11. The van der Waals surface area contributed by atoms with E-state index in [9.17, 15) is 4.79 Å². The quantitative estimate of drug-likeness (QED) is 0.625. The van der Waals surface area contributed by atoms with Crippen LogP contribution in [0.25, 0.3) is 4.96 Å². The average molecular weight is 359 g/mol. The zero-order chi connectivity index (χ0) is 17.6. The van der Waals surface area contributed by atoms with E-state index in [0.717, 1.165) is 23.5 Å². The summed E-state index contributed by atoms with van der Waals surface area (Å²) < 4.78 is 13.0. The van der Waals surface area contributed by atoms with Crippen molar-refractivity contribution in [3.8, 4) is 11.5 Å². The number of unbranched alkanes of at least 4 members (excludes halogenated alkanes) is 1. The van der Waals surface area contributed by atoms with Gasteiger partial charge in [-0.3, -0.25) is 9.20 Å². The van der Waals surface area contributed by atoms with Crippen LogP contribution in [0.3, 0.4) is 0 Å². The lowest BCUT2D eigenvalue weighted by Crippen LogP contribution is -2.23. The molecule has 132 valence electrons. The van der Waals surface area contributed by atoms with Gasteiger partial charge in [0, 0.05) is 23.3 Å². The topological polar surface area (TPSA) is 64.9 Å². The summed E-state index contributed by atoms with van der Waals surface area (Å²) in [5.41, 5.74) is 1.35. The predicted molar refractivity (Wildman–Crippen MR) is 97.6 cm³/mol. The van der Waals surface area contributed by atoms with Crippen LogP contribution in [-0.2, 0) is 6.54 Å². The monoisotopic (exact) mass is 359 g/mol. The Labute approximate surface area is 150 Å². The fraction of sp³-hybridized carbons (Fsp3) is 0.333. The van der Waals surface area contributed by atoms with Crippen molar-refractivity contribution >= 4 is 22.2 Å². The zero-order valence-electron chi connectivity index (χ0n) is 14.3. The Morgan fingerprint density at radius 3 is 3.00 bits per heavy atom. The lowest BCUT2D eigenvalue weighted by molar-refractivity contribution is 0.0950. The number of rotatable bonds is 8. The summed E-state index contributed by atoms with van der Waals surface area (Å²) in [5.74, 6) is 1.04. The van der Waals surface area contributed by atoms with E-state index in [2.05, 4.69) is 17.2 Å². The summed E-state index contributed by atoms with van der Waals surface area (Å²) in [6.07, 6.45) is 5.90. The zero-order valence-corrected chi connectivity index (χ0v) is 15.1. The van der Waals surface area contributed by atoms with Gasteiger partial charge in [0.25, 0.3) is 5.91 Å². The molecule has 0 aliphatic heterocycles. The van der Waals surface area contributed by atoms with Gasteiger partial charge in [-0.2, -0.15) is 0 Å². The van der Waals surface area contributed by atoms with Gasteiger partial charge in [0.05, 0.1) is 26.0 Å². The molecule has 1 amide bonds. The number of aromatic nitrogens is 2. The number of amides is 1. The van der Waals surface area contributed by atoms with Crippen molar-refractivity contribution in [1.82, 2.24) is 14.7 Å². The van der Waals surface area contributed by atoms with Gasteiger partial charge in [-0.05, 0) is 24.6 Å². The molecule has 6 nitrogen and oxygen atoms in total. The number of fused-ring (bicyclic) bond motifs is 1.